The molecule has 230 valence electrons. The average molecular weight is 658 g/mol. The maximum absolute atomic E-state index is 12.5. The van der Waals surface area contributed by atoms with Crippen molar-refractivity contribution in [1.29, 1.82) is 0 Å². The van der Waals surface area contributed by atoms with Gasteiger partial charge in [-0.1, -0.05) is 55.9 Å². The van der Waals surface area contributed by atoms with Crippen molar-refractivity contribution in [1.82, 2.24) is 0 Å². The van der Waals surface area contributed by atoms with E-state index in [-0.39, 0.29) is 28.3 Å². The Bertz CT molecular complexity index is 1670. The maximum atomic E-state index is 12.5. The molecule has 0 spiro atoms. The molecule has 6 nitrogen and oxygen atoms in total. The molecule has 0 unspecified atom stereocenters. The minimum atomic E-state index is -0.165. The minimum Gasteiger partial charge on any atom is -1.00 e. The Hall–Kier alpha value is -4.10. The van der Waals surface area contributed by atoms with E-state index in [2.05, 4.69) is 56.3 Å². The van der Waals surface area contributed by atoms with Crippen LogP contribution in [0.15, 0.2) is 113 Å². The number of carbonyl (C=O) groups excluding carboxylic acids is 1. The number of nitrogens with zero attached hydrogens (tertiary/aromatic N) is 1. The number of ether oxygens (including phenoxy) is 2. The van der Waals surface area contributed by atoms with Crippen molar-refractivity contribution < 1.29 is 40.2 Å². The summed E-state index contributed by atoms with van der Waals surface area (Å²) in [5.74, 6) is 1.63. The molecule has 1 aliphatic heterocycles. The highest BCUT2D eigenvalue weighted by molar-refractivity contribution is 5.99. The lowest BCUT2D eigenvalue weighted by atomic mass is 9.72. The molecule has 2 aliphatic rings. The van der Waals surface area contributed by atoms with Crippen LogP contribution in [0.1, 0.15) is 58.9 Å². The summed E-state index contributed by atoms with van der Waals surface area (Å²) in [4.78, 5) is 12.5. The van der Waals surface area contributed by atoms with Crippen molar-refractivity contribution in [2.45, 2.75) is 59.9 Å². The van der Waals surface area contributed by atoms with Crippen LogP contribution in [-0.4, -0.2) is 12.5 Å². The lowest BCUT2D eigenvalue weighted by Crippen LogP contribution is -3.00. The molecule has 1 amide bonds. The average Bonchev–Trinajstić information content (AvgIpc) is 3.43. The lowest BCUT2D eigenvalue weighted by Gasteiger charge is -2.32. The SMILES string of the molecule is C=C1C=Cc2cc3ccoc3c(OCCC[n+]3ccc(NC(=O)/C=C/C=C(C)/C=C/C4=C(C)CCCC4(C)C)cc3)c2O1.[Br-]. The van der Waals surface area contributed by atoms with E-state index in [1.807, 2.05) is 54.9 Å². The highest BCUT2D eigenvalue weighted by atomic mass is 79.9. The van der Waals surface area contributed by atoms with Gasteiger partial charge < -0.3 is 36.2 Å². The van der Waals surface area contributed by atoms with E-state index in [4.69, 9.17) is 13.9 Å². The fourth-order valence-electron chi connectivity index (χ4n) is 5.66. The topological polar surface area (TPSA) is 64.6 Å². The summed E-state index contributed by atoms with van der Waals surface area (Å²) in [6.07, 6.45) is 23.5. The molecular weight excluding hydrogens is 616 g/mol. The largest absolute Gasteiger partial charge is 1.00 e. The van der Waals surface area contributed by atoms with Gasteiger partial charge in [0, 0.05) is 35.6 Å². The Balaban J connectivity index is 0.00000442. The molecule has 0 saturated heterocycles. The van der Waals surface area contributed by atoms with Crippen LogP contribution in [0.5, 0.6) is 11.5 Å². The maximum Gasteiger partial charge on any atom is 0.248 e. The van der Waals surface area contributed by atoms with Crippen molar-refractivity contribution in [2.24, 2.45) is 5.41 Å². The van der Waals surface area contributed by atoms with Crippen molar-refractivity contribution >= 4 is 28.6 Å². The molecule has 1 N–H and O–H groups in total. The molecular formula is C37H41BrN2O4. The molecule has 3 aromatic rings. The fourth-order valence-corrected chi connectivity index (χ4v) is 5.66. The van der Waals surface area contributed by atoms with Gasteiger partial charge in [-0.15, -0.1) is 0 Å². The lowest BCUT2D eigenvalue weighted by molar-refractivity contribution is -0.697. The number of nitrogens with one attached hydrogen (secondary N) is 1. The number of carbonyl (C=O) groups is 1. The van der Waals surface area contributed by atoms with Gasteiger partial charge in [0.2, 0.25) is 11.7 Å². The first-order valence-electron chi connectivity index (χ1n) is 14.9. The number of aromatic nitrogens is 1. The van der Waals surface area contributed by atoms with Crippen LogP contribution in [0.4, 0.5) is 5.69 Å². The number of benzene rings is 1. The van der Waals surface area contributed by atoms with E-state index in [0.29, 0.717) is 29.4 Å². The van der Waals surface area contributed by atoms with Crippen LogP contribution >= 0.6 is 0 Å². The van der Waals surface area contributed by atoms with Gasteiger partial charge in [-0.25, -0.2) is 4.57 Å². The second-order valence-corrected chi connectivity index (χ2v) is 11.9. The number of allylic oxidation sites excluding steroid dienone is 8. The summed E-state index contributed by atoms with van der Waals surface area (Å²) < 4.78 is 19.8. The molecule has 7 heteroatoms. The second-order valence-electron chi connectivity index (χ2n) is 11.9. The Kier molecular flexibility index (Phi) is 10.9. The third kappa shape index (κ3) is 8.08. The van der Waals surface area contributed by atoms with E-state index in [1.165, 1.54) is 30.4 Å². The van der Waals surface area contributed by atoms with Gasteiger partial charge in [0.1, 0.15) is 5.76 Å². The molecule has 5 rings (SSSR count). The first-order valence-corrected chi connectivity index (χ1v) is 14.9. The molecule has 3 heterocycles. The third-order valence-electron chi connectivity index (χ3n) is 7.99. The first-order chi connectivity index (χ1) is 20.7. The second kappa shape index (κ2) is 14.6. The van der Waals surface area contributed by atoms with Gasteiger partial charge in [-0.3, -0.25) is 4.79 Å². The van der Waals surface area contributed by atoms with Gasteiger partial charge in [0.15, 0.2) is 30.3 Å². The molecule has 2 aromatic heterocycles. The number of anilines is 1. The number of hydrogen-bond acceptors (Lipinski definition) is 4. The van der Waals surface area contributed by atoms with E-state index in [1.54, 1.807) is 18.4 Å². The standard InChI is InChI=1S/C37H40N2O4.BrH/c1-26(12-15-32-27(2)10-7-19-37(32,4)5)9-6-11-33(40)38-31-16-21-39(22-17-31)20-8-23-41-36-34-30(18-24-42-34)25-29-14-13-28(3)43-35(29)36;/h6,9,11-18,21-22,24-25H,3,7-8,10,19-20,23H2,1-2,4-5H3;1H/b11-6+,15-12+,26-9+;. The van der Waals surface area contributed by atoms with Crippen LogP contribution < -0.4 is 36.3 Å². The van der Waals surface area contributed by atoms with Gasteiger partial charge in [0.05, 0.1) is 18.6 Å². The first kappa shape index (κ1) is 32.8. The highest BCUT2D eigenvalue weighted by Crippen LogP contribution is 2.43. The van der Waals surface area contributed by atoms with Crippen LogP contribution in [0.2, 0.25) is 0 Å². The van der Waals surface area contributed by atoms with Gasteiger partial charge in [0.25, 0.3) is 0 Å². The Morgan fingerprint density at radius 3 is 2.75 bits per heavy atom. The van der Waals surface area contributed by atoms with Crippen molar-refractivity contribution in [3.05, 3.63) is 114 Å². The summed E-state index contributed by atoms with van der Waals surface area (Å²) >= 11 is 0. The van der Waals surface area contributed by atoms with Gasteiger partial charge in [-0.2, -0.15) is 0 Å². The zero-order chi connectivity index (χ0) is 30.4. The van der Waals surface area contributed by atoms with Crippen molar-refractivity contribution in [3.8, 4) is 11.5 Å². The Morgan fingerprint density at radius 1 is 1.18 bits per heavy atom. The number of hydrogen-bond donors (Lipinski definition) is 1. The van der Waals surface area contributed by atoms with Crippen molar-refractivity contribution in [2.75, 3.05) is 11.9 Å². The number of aryl methyl sites for hydroxylation is 1. The number of furan rings is 1. The predicted molar refractivity (Wildman–Crippen MR) is 173 cm³/mol. The molecule has 0 atom stereocenters. The summed E-state index contributed by atoms with van der Waals surface area (Å²) in [5, 5.41) is 3.89. The van der Waals surface area contributed by atoms with Crippen LogP contribution in [-0.2, 0) is 11.3 Å². The van der Waals surface area contributed by atoms with Gasteiger partial charge in [-0.05, 0) is 68.4 Å². The van der Waals surface area contributed by atoms with Crippen LogP contribution in [0.25, 0.3) is 17.0 Å². The molecule has 1 aromatic carbocycles. The number of amides is 1. The number of fused-ring (bicyclic) bond motifs is 2. The van der Waals surface area contributed by atoms with Crippen LogP contribution in [0, 0.1) is 5.41 Å². The molecule has 0 bridgehead atoms. The number of pyridine rings is 1. The quantitative estimate of drug-likeness (QED) is 0.133. The summed E-state index contributed by atoms with van der Waals surface area (Å²) in [7, 11) is 0. The third-order valence-corrected chi connectivity index (χ3v) is 7.99. The fraction of sp³-hybridized carbons (Fsp3) is 0.297. The molecule has 0 fully saturated rings. The number of rotatable bonds is 10. The summed E-state index contributed by atoms with van der Waals surface area (Å²) in [6, 6.07) is 7.72. The number of halogens is 1. The van der Waals surface area contributed by atoms with E-state index >= 15 is 0 Å². The molecule has 0 radical (unpaired) electrons. The van der Waals surface area contributed by atoms with E-state index < -0.39 is 0 Å². The summed E-state index contributed by atoms with van der Waals surface area (Å²) in [5.41, 5.74) is 6.58. The Labute approximate surface area is 270 Å². The zero-order valence-corrected chi connectivity index (χ0v) is 27.6. The highest BCUT2D eigenvalue weighted by Gasteiger charge is 2.26. The predicted octanol–water partition coefficient (Wildman–Crippen LogP) is 5.64. The summed E-state index contributed by atoms with van der Waals surface area (Å²) in [6.45, 7) is 14.1. The zero-order valence-electron chi connectivity index (χ0n) is 26.0. The smallest absolute Gasteiger partial charge is 0.248 e. The normalized spacial score (nSPS) is 16.3. The van der Waals surface area contributed by atoms with E-state index in [0.717, 1.165) is 35.2 Å². The molecule has 0 saturated carbocycles. The van der Waals surface area contributed by atoms with Gasteiger partial charge >= 0.3 is 0 Å². The Morgan fingerprint density at radius 2 is 1.98 bits per heavy atom. The minimum absolute atomic E-state index is 0. The van der Waals surface area contributed by atoms with E-state index in [9.17, 15) is 4.79 Å². The van der Waals surface area contributed by atoms with Crippen molar-refractivity contribution in [3.63, 3.8) is 0 Å². The molecule has 44 heavy (non-hydrogen) atoms. The monoisotopic (exact) mass is 656 g/mol. The molecule has 1 aliphatic carbocycles. The van der Waals surface area contributed by atoms with Crippen LogP contribution in [0.3, 0.4) is 0 Å².